The molecule has 0 atom stereocenters. The van der Waals surface area contributed by atoms with Crippen molar-refractivity contribution in [2.45, 2.75) is 91.6 Å². The van der Waals surface area contributed by atoms with Crippen LogP contribution in [0.4, 0.5) is 0 Å². The molecule has 0 bridgehead atoms. The summed E-state index contributed by atoms with van der Waals surface area (Å²) in [6.45, 7) is 22.2. The van der Waals surface area contributed by atoms with E-state index in [1.165, 1.54) is 33.4 Å². The second-order valence-electron chi connectivity index (χ2n) is 10.0. The Balaban J connectivity index is 0.000000411. The fourth-order valence-corrected chi connectivity index (χ4v) is 3.22. The topological polar surface area (TPSA) is 0 Å². The zero-order chi connectivity index (χ0) is 22.4. The van der Waals surface area contributed by atoms with E-state index in [1.807, 2.05) is 0 Å². The van der Waals surface area contributed by atoms with Gasteiger partial charge in [0.2, 0.25) is 0 Å². The number of rotatable bonds is 0. The molecule has 2 aromatic carbocycles. The zero-order valence-electron chi connectivity index (χ0n) is 20.1. The van der Waals surface area contributed by atoms with Crippen LogP contribution in [0.2, 0.25) is 11.5 Å². The quantitative estimate of drug-likeness (QED) is 0.198. The second kappa shape index (κ2) is 11.9. The Labute approximate surface area is 190 Å². The molecule has 0 heterocycles. The van der Waals surface area contributed by atoms with Crippen LogP contribution in [0.15, 0.2) is 24.3 Å². The van der Waals surface area contributed by atoms with Crippen molar-refractivity contribution in [2.24, 2.45) is 0 Å². The average molecular weight is 651 g/mol. The molecule has 0 saturated heterocycles. The molecule has 0 nitrogen and oxygen atoms in total. The molecule has 160 valence electrons. The summed E-state index contributed by atoms with van der Waals surface area (Å²) >= 11 is -1.72. The summed E-state index contributed by atoms with van der Waals surface area (Å²) in [5.74, 6) is 4.48. The van der Waals surface area contributed by atoms with Gasteiger partial charge in [-0.1, -0.05) is 80.1 Å². The van der Waals surface area contributed by atoms with Gasteiger partial charge >= 0.3 is 54.7 Å². The standard InChI is InChI=1S/2C11H17.C2H6Ge.2ClH.Hf/c2*1-8-6-9(2)10(7-8)11(3,4)5;1-3-2;;;/h2*6-7H,1-5H3;1-2H3;2*1H;/q2*-1;;;;+2/p-2. The normalized spacial score (nSPS) is 11.2. The van der Waals surface area contributed by atoms with Gasteiger partial charge in [-0.05, 0) is 0 Å². The molecular formula is C24H40Cl2GeHf-2. The molecule has 0 aliphatic heterocycles. The maximum absolute atomic E-state index is 5.67. The van der Waals surface area contributed by atoms with Crippen molar-refractivity contribution < 1.29 is 16.0 Å². The third kappa shape index (κ3) is 10.6. The van der Waals surface area contributed by atoms with Crippen molar-refractivity contribution >= 4 is 27.2 Å². The molecule has 0 unspecified atom stereocenters. The Hall–Kier alpha value is 0.693. The van der Waals surface area contributed by atoms with E-state index in [9.17, 15) is 0 Å². The van der Waals surface area contributed by atoms with Crippen LogP contribution in [0.5, 0.6) is 0 Å². The maximum atomic E-state index is 5.67. The molecule has 2 rings (SSSR count). The van der Waals surface area contributed by atoms with Crippen LogP contribution in [-0.4, -0.2) is 10.1 Å². The third-order valence-electron chi connectivity index (χ3n) is 4.48. The third-order valence-corrected chi connectivity index (χ3v) is 52.3. The molecule has 0 radical (unpaired) electrons. The monoisotopic (exact) mass is 652 g/mol. The fraction of sp³-hybridized carbons (Fsp3) is 0.583. The van der Waals surface area contributed by atoms with Crippen LogP contribution in [0.1, 0.15) is 74.9 Å². The average Bonchev–Trinajstić information content (AvgIpc) is 3.00. The number of hydrogen-bond acceptors (Lipinski definition) is 0. The molecule has 0 aromatic heterocycles. The van der Waals surface area contributed by atoms with Crippen molar-refractivity contribution in [3.8, 4) is 0 Å². The second-order valence-corrected chi connectivity index (χ2v) is 62.0. The van der Waals surface area contributed by atoms with Gasteiger partial charge in [0.25, 0.3) is 0 Å². The molecule has 0 N–H and O–H groups in total. The van der Waals surface area contributed by atoms with Crippen molar-refractivity contribution in [3.63, 3.8) is 0 Å². The van der Waals surface area contributed by atoms with E-state index >= 15 is 0 Å². The first-order chi connectivity index (χ1) is 12.5. The molecule has 0 saturated carbocycles. The Bertz CT molecular complexity index is 706. The minimum absolute atomic E-state index is 0.304. The van der Waals surface area contributed by atoms with Crippen molar-refractivity contribution in [1.82, 2.24) is 0 Å². The summed E-state index contributed by atoms with van der Waals surface area (Å²) in [5.41, 5.74) is 9.19. The van der Waals surface area contributed by atoms with Crippen molar-refractivity contribution in [3.05, 3.63) is 57.6 Å². The fourth-order valence-electron chi connectivity index (χ4n) is 3.22. The van der Waals surface area contributed by atoms with Gasteiger partial charge in [-0.25, -0.2) is 12.1 Å². The first-order valence-corrected chi connectivity index (χ1v) is 33.4. The van der Waals surface area contributed by atoms with E-state index in [0.717, 1.165) is 0 Å². The van der Waals surface area contributed by atoms with E-state index in [-0.39, 0.29) is 0 Å². The summed E-state index contributed by atoms with van der Waals surface area (Å²) in [5, 5.41) is 0. The van der Waals surface area contributed by atoms with Crippen LogP contribution < -0.4 is 0 Å². The van der Waals surface area contributed by atoms with Gasteiger partial charge in [0.05, 0.1) is 0 Å². The molecule has 0 aliphatic carbocycles. The van der Waals surface area contributed by atoms with Gasteiger partial charge in [-0.2, -0.15) is 45.5 Å². The van der Waals surface area contributed by atoms with Gasteiger partial charge in [0.15, 0.2) is 0 Å². The van der Waals surface area contributed by atoms with Gasteiger partial charge in [0.1, 0.15) is 0 Å². The van der Waals surface area contributed by atoms with E-state index < -0.39 is 26.0 Å². The molecule has 2 aromatic rings. The summed E-state index contributed by atoms with van der Waals surface area (Å²) in [6, 6.07) is 9.08. The molecule has 4 heteroatoms. The van der Waals surface area contributed by atoms with Gasteiger partial charge in [-0.3, -0.25) is 0 Å². The number of halogens is 2. The molecule has 0 aliphatic rings. The predicted molar refractivity (Wildman–Crippen MR) is 130 cm³/mol. The molecule has 28 heavy (non-hydrogen) atoms. The van der Waals surface area contributed by atoms with E-state index in [2.05, 4.69) is 105 Å². The zero-order valence-corrected chi connectivity index (χ0v) is 27.3. The molecule has 0 amide bonds. The number of aryl methyl sites for hydroxylation is 4. The van der Waals surface area contributed by atoms with Gasteiger partial charge in [-0.15, -0.1) is 0 Å². The van der Waals surface area contributed by atoms with E-state index in [4.69, 9.17) is 17.2 Å². The van der Waals surface area contributed by atoms with Crippen LogP contribution in [0.25, 0.3) is 0 Å². The van der Waals surface area contributed by atoms with Crippen LogP contribution >= 0.6 is 17.2 Å². The van der Waals surface area contributed by atoms with E-state index in [1.54, 1.807) is 0 Å². The SMILES string of the molecule is Cc1cc(C(C)(C)C)c(C)[cH-]1.Cc1cc(C(C)(C)C)c(C)[cH-]1.[CH3][Ge]([CH3])=[Hf]([Cl])[Cl]. The first-order valence-electron chi connectivity index (χ1n) is 9.94. The van der Waals surface area contributed by atoms with Crippen molar-refractivity contribution in [1.29, 1.82) is 0 Å². The van der Waals surface area contributed by atoms with Gasteiger partial charge in [0, 0.05) is 0 Å². The Morgan fingerprint density at radius 1 is 0.714 bits per heavy atom. The summed E-state index contributed by atoms with van der Waals surface area (Å²) < 4.78 is 0. The minimum atomic E-state index is -1.72. The molecule has 0 fully saturated rings. The van der Waals surface area contributed by atoms with Crippen LogP contribution in [-0.2, 0) is 26.8 Å². The summed E-state index contributed by atoms with van der Waals surface area (Å²) in [6.07, 6.45) is 0. The number of hydrogen-bond donors (Lipinski definition) is 0. The van der Waals surface area contributed by atoms with Crippen molar-refractivity contribution in [2.75, 3.05) is 0 Å². The first kappa shape index (κ1) is 28.7. The Kier molecular flexibility index (Phi) is 12.2. The van der Waals surface area contributed by atoms with Crippen LogP contribution in [0.3, 0.4) is 0 Å². The Morgan fingerprint density at radius 2 is 0.964 bits per heavy atom. The predicted octanol–water partition coefficient (Wildman–Crippen LogP) is 8.80. The summed E-state index contributed by atoms with van der Waals surface area (Å²) in [4.78, 5) is 0. The summed E-state index contributed by atoms with van der Waals surface area (Å²) in [7, 11) is 10.6. The van der Waals surface area contributed by atoms with Crippen LogP contribution in [0, 0.1) is 27.7 Å². The van der Waals surface area contributed by atoms with Gasteiger partial charge < -0.3 is 0 Å². The van der Waals surface area contributed by atoms with E-state index in [0.29, 0.717) is 10.8 Å². The Morgan fingerprint density at radius 3 is 1.04 bits per heavy atom. The molecule has 0 spiro atoms. The molecular weight excluding hydrogens is 610 g/mol.